The molecule has 1 amide bonds. The van der Waals surface area contributed by atoms with Crippen molar-refractivity contribution in [1.29, 1.82) is 5.26 Å². The quantitative estimate of drug-likeness (QED) is 0.00440. The number of nitrogens with zero attached hydrogens (tertiary/aromatic N) is 5. The van der Waals surface area contributed by atoms with Crippen molar-refractivity contribution in [3.63, 3.8) is 0 Å². The standard InChI is InChI=1S/C19H19F3N2O4.C18H18BN2O5.C17H20N2O3.C16H17N3O.2C11H15BNO2.C10H15NO/c1-11-4-6-13(7-5-11)16(12(2)24-18(26)19(20,21)22)28-14-8-9-15(23-10-14)17(25)27-3;1-12-3-5-14(6-4-12)17(13(2)20-19-11-22)26-18(23)15-7-9-16(10-8-15)21(24)25;1-11-4-6-13(7-5-11)16(12(2)18)22-14-8-9-15(19-10-14)17(20)21-3;1-11-3-5-13(6-4-11)16(12(2)18)20-15-8-7-14(9-17)19-10-15;2*1-8-3-5-10(6-4-8)11(15)9(2)13-12-7-14;1-7-3-5-9(6-4-7)10(12)8(2)11/h4-10,12,16H,1-3H3,(H,24,26);3-11,13,17,20H,1-2H3;4-10,12,16H,18H2,1-3H3;3-8,10,12,16H,18H2,1-2H3;2*3-7,9,11,13,15H,1-2H3;3-6,8,10,12H,11H2,1-2H3/t12-,16+;13-,17+;2*12-,16+;9-,11+;9-,11-;8-,10+/m0000000/s1. The van der Waals surface area contributed by atoms with Crippen molar-refractivity contribution < 1.29 is 95.4 Å². The number of nitrogens with one attached hydrogen (secondary N) is 4. The van der Waals surface area contributed by atoms with Gasteiger partial charge in [-0.25, -0.2) is 29.3 Å². The van der Waals surface area contributed by atoms with Gasteiger partial charge in [0.1, 0.15) is 64.8 Å². The van der Waals surface area contributed by atoms with E-state index in [0.29, 0.717) is 41.3 Å². The highest BCUT2D eigenvalue weighted by Gasteiger charge is 2.41. The molecule has 11 rings (SSSR count). The number of esters is 3. The van der Waals surface area contributed by atoms with Crippen LogP contribution in [0.4, 0.5) is 18.9 Å². The molecule has 0 fully saturated rings. The number of benzene rings is 8. The molecule has 3 aromatic heterocycles. The molecule has 0 aliphatic heterocycles. The van der Waals surface area contributed by atoms with E-state index in [1.54, 1.807) is 68.6 Å². The molecule has 14 atom stereocenters. The normalized spacial score (nSPS) is 13.6. The van der Waals surface area contributed by atoms with Gasteiger partial charge in [-0.05, 0) is 184 Å². The van der Waals surface area contributed by atoms with Gasteiger partial charge in [0.05, 0.1) is 86.2 Å². The zero-order valence-corrected chi connectivity index (χ0v) is 79.8. The first kappa shape index (κ1) is 115. The summed E-state index contributed by atoms with van der Waals surface area (Å²) in [5, 5.41) is 59.2. The predicted molar refractivity (Wildman–Crippen MR) is 525 cm³/mol. The fourth-order valence-electron chi connectivity index (χ4n) is 12.5. The molecule has 8 aromatic carbocycles. The Morgan fingerprint density at radius 3 is 0.978 bits per heavy atom. The first-order valence-corrected chi connectivity index (χ1v) is 43.7. The van der Waals surface area contributed by atoms with Crippen LogP contribution in [0.3, 0.4) is 0 Å². The largest absolute Gasteiger partial charge is 0.482 e. The number of nitro groups is 1. The van der Waals surface area contributed by atoms with Crippen LogP contribution in [0.1, 0.15) is 206 Å². The number of ether oxygens (including phenoxy) is 6. The fraction of sp³-hybridized carbons (Fsp3) is 0.304. The van der Waals surface area contributed by atoms with Crippen LogP contribution in [0, 0.1) is 69.9 Å². The number of alkyl halides is 3. The number of aromatic nitrogens is 3. The van der Waals surface area contributed by atoms with E-state index in [0.717, 1.165) is 55.6 Å². The summed E-state index contributed by atoms with van der Waals surface area (Å²) in [5.74, 6) is -2.40. The van der Waals surface area contributed by atoms with E-state index in [1.807, 2.05) is 233 Å². The number of nitrogens with two attached hydrogens (primary N) is 3. The highest BCUT2D eigenvalue weighted by Crippen LogP contribution is 2.31. The number of nitro benzene ring substituents is 1. The fourth-order valence-corrected chi connectivity index (χ4v) is 12.5. The van der Waals surface area contributed by atoms with Crippen molar-refractivity contribution >= 4 is 70.3 Å². The number of hydrogen-bond acceptors (Lipinski definition) is 28. The van der Waals surface area contributed by atoms with Gasteiger partial charge in [0, 0.05) is 48.4 Å². The van der Waals surface area contributed by atoms with E-state index in [2.05, 4.69) is 40.1 Å². The van der Waals surface area contributed by atoms with Crippen molar-refractivity contribution in [3.8, 4) is 23.3 Å². The number of non-ortho nitro benzene ring substituents is 1. The second kappa shape index (κ2) is 59.1. The van der Waals surface area contributed by atoms with E-state index in [-0.39, 0.29) is 76.8 Å². The third-order valence-corrected chi connectivity index (χ3v) is 20.5. The summed E-state index contributed by atoms with van der Waals surface area (Å²) < 4.78 is 70.2. The Hall–Kier alpha value is -14.0. The van der Waals surface area contributed by atoms with Crippen LogP contribution in [0.2, 0.25) is 0 Å². The number of carbonyl (C=O) groups excluding carboxylic acids is 7. The van der Waals surface area contributed by atoms with Crippen LogP contribution >= 0.6 is 0 Å². The van der Waals surface area contributed by atoms with Gasteiger partial charge in [0.15, 0.2) is 0 Å². The van der Waals surface area contributed by atoms with Crippen molar-refractivity contribution in [1.82, 2.24) is 36.0 Å². The number of aliphatic hydroxyl groups excluding tert-OH is 3. The van der Waals surface area contributed by atoms with E-state index in [1.165, 1.54) is 109 Å². The summed E-state index contributed by atoms with van der Waals surface area (Å²) in [6.45, 7) is 26.3. The maximum atomic E-state index is 12.6. The lowest BCUT2D eigenvalue weighted by molar-refractivity contribution is -0.384. The molecule has 30 nitrogen and oxygen atoms in total. The zero-order chi connectivity index (χ0) is 102. The number of hydrogen-bond donors (Lipinski definition) is 10. The summed E-state index contributed by atoms with van der Waals surface area (Å²) >= 11 is 0. The Labute approximate surface area is 805 Å². The molecule has 138 heavy (non-hydrogen) atoms. The van der Waals surface area contributed by atoms with Crippen LogP contribution in [0.25, 0.3) is 0 Å². The minimum Gasteiger partial charge on any atom is -0.482 e. The van der Waals surface area contributed by atoms with Crippen molar-refractivity contribution in [3.05, 3.63) is 360 Å². The molecule has 13 N–H and O–H groups in total. The summed E-state index contributed by atoms with van der Waals surface area (Å²) in [6.07, 6.45) is -2.63. The van der Waals surface area contributed by atoms with Crippen molar-refractivity contribution in [2.24, 2.45) is 17.2 Å². The Bertz CT molecular complexity index is 5510. The zero-order valence-electron chi connectivity index (χ0n) is 79.8. The van der Waals surface area contributed by atoms with Gasteiger partial charge in [0.2, 0.25) is 0 Å². The SMILES string of the molecule is COC(=O)c1ccc(O[C@@H](c2ccc(C)cc2)[C@H](C)N)cn1.COC(=O)c1ccc(O[C@@H](c2ccc(C)cc2)[C@H](C)NC(=O)C(F)(F)F)cn1.Cc1ccc([C@@H](O)[C@H](C)N[B]C=O)cc1.Cc1ccc([C@H](O)[C@H](C)N)cc1.Cc1ccc([C@H](O)[C@H](C)N[B]C=O)cc1.Cc1ccc([C@H](OC(=O)c2ccc([N+](=O)[O-])cc2)[C@H](C)N[B]C=O)cc1.Cc1ccc([C@H](Oc2ccc(C#N)nc2)[C@H](C)N)cc1. The Kier molecular flexibility index (Phi) is 49.1. The first-order chi connectivity index (χ1) is 65.5. The number of methoxy groups -OCH3 is 2. The molecule has 36 heteroatoms. The van der Waals surface area contributed by atoms with Crippen LogP contribution in [0.15, 0.2) is 249 Å². The van der Waals surface area contributed by atoms with Gasteiger partial charge >= 0.3 is 30.0 Å². The van der Waals surface area contributed by atoms with Gasteiger partial charge in [-0.2, -0.15) is 18.4 Å². The molecule has 0 aliphatic rings. The first-order valence-electron chi connectivity index (χ1n) is 43.7. The molecule has 3 heterocycles. The summed E-state index contributed by atoms with van der Waals surface area (Å²) in [7, 11) is 6.36. The molecular formula is C102H119B3F3N12O18. The highest BCUT2D eigenvalue weighted by atomic mass is 19.4. The predicted octanol–water partition coefficient (Wildman–Crippen LogP) is 14.3. The molecular weight excluding hydrogens is 1770 g/mol. The number of aryl methyl sites for hydroxylation is 7. The number of carbonyl (C=O) groups is 7. The van der Waals surface area contributed by atoms with Gasteiger partial charge in [-0.3, -0.25) is 14.9 Å². The summed E-state index contributed by atoms with van der Waals surface area (Å²) in [6, 6.07) is 68.0. The van der Waals surface area contributed by atoms with Crippen molar-refractivity contribution in [2.75, 3.05) is 14.2 Å². The molecule has 725 valence electrons. The average molecular weight is 1890 g/mol. The molecule has 0 spiro atoms. The van der Waals surface area contributed by atoms with Gasteiger partial charge in [0.25, 0.3) is 27.9 Å². The lowest BCUT2D eigenvalue weighted by Gasteiger charge is -2.27. The topological polar surface area (TPSA) is 467 Å². The van der Waals surface area contributed by atoms with E-state index >= 15 is 0 Å². The maximum Gasteiger partial charge on any atom is 0.471 e. The molecule has 0 saturated heterocycles. The number of halogens is 3. The highest BCUT2D eigenvalue weighted by molar-refractivity contribution is 6.65. The lowest BCUT2D eigenvalue weighted by atomic mass is 9.93. The van der Waals surface area contributed by atoms with Gasteiger partial charge in [-0.15, -0.1) is 0 Å². The monoisotopic (exact) mass is 1890 g/mol. The number of rotatable bonds is 35. The number of aliphatic hydroxyl groups is 3. The molecule has 0 saturated carbocycles. The van der Waals surface area contributed by atoms with Crippen molar-refractivity contribution in [2.45, 2.75) is 188 Å². The average Bonchev–Trinajstić information content (AvgIpc) is 0.835. The molecule has 0 unspecified atom stereocenters. The van der Waals surface area contributed by atoms with Crippen LogP contribution in [-0.2, 0) is 33.4 Å². The maximum absolute atomic E-state index is 12.6. The number of amides is 1. The van der Waals surface area contributed by atoms with Crippen LogP contribution in [-0.4, -0.2) is 162 Å². The Balaban J connectivity index is 0.000000289. The van der Waals surface area contributed by atoms with Crippen LogP contribution in [0.5, 0.6) is 17.2 Å². The van der Waals surface area contributed by atoms with E-state index < -0.39 is 71.5 Å². The summed E-state index contributed by atoms with van der Waals surface area (Å²) in [4.78, 5) is 99.5. The second-order valence-corrected chi connectivity index (χ2v) is 32.3. The molecule has 0 bridgehead atoms. The van der Waals surface area contributed by atoms with E-state index in [4.69, 9.17) is 41.4 Å². The number of pyridine rings is 3. The second-order valence-electron chi connectivity index (χ2n) is 32.3. The van der Waals surface area contributed by atoms with Crippen LogP contribution < -0.4 is 52.4 Å². The number of nitriles is 1. The van der Waals surface area contributed by atoms with Gasteiger partial charge in [-0.1, -0.05) is 209 Å². The molecule has 3 radical (unpaired) electrons. The molecule has 0 aliphatic carbocycles. The Morgan fingerprint density at radius 2 is 0.703 bits per heavy atom. The minimum absolute atomic E-state index is 0.0557. The van der Waals surface area contributed by atoms with E-state index in [9.17, 15) is 72.2 Å². The summed E-state index contributed by atoms with van der Waals surface area (Å²) in [5.41, 5.74) is 32.2. The Morgan fingerprint density at radius 1 is 0.406 bits per heavy atom. The molecule has 11 aromatic rings. The van der Waals surface area contributed by atoms with Gasteiger partial charge < -0.3 is 96.3 Å². The third-order valence-electron chi connectivity index (χ3n) is 20.5. The minimum atomic E-state index is -5.00. The smallest absolute Gasteiger partial charge is 0.471 e. The third kappa shape index (κ3) is 39.8. The lowest BCUT2D eigenvalue weighted by Crippen LogP contribution is -2.45.